The Labute approximate surface area is 178 Å². The first-order valence-electron chi connectivity index (χ1n) is 9.97. The predicted octanol–water partition coefficient (Wildman–Crippen LogP) is 3.94. The number of benzene rings is 2. The van der Waals surface area contributed by atoms with Crippen LogP contribution in [0.1, 0.15) is 30.4 Å². The van der Waals surface area contributed by atoms with Crippen LogP contribution < -0.4 is 9.46 Å². The second-order valence-electron chi connectivity index (χ2n) is 7.95. The number of sulfonamides is 1. The summed E-state index contributed by atoms with van der Waals surface area (Å²) in [5.41, 5.74) is -0.174. The average molecular weight is 458 g/mol. The third-order valence-electron chi connectivity index (χ3n) is 5.30. The van der Waals surface area contributed by atoms with Gasteiger partial charge in [0.05, 0.1) is 11.7 Å². The van der Waals surface area contributed by atoms with Crippen molar-refractivity contribution in [1.29, 1.82) is 0 Å². The van der Waals surface area contributed by atoms with E-state index < -0.39 is 38.5 Å². The van der Waals surface area contributed by atoms with E-state index in [1.54, 1.807) is 0 Å². The van der Waals surface area contributed by atoms with Crippen LogP contribution in [-0.4, -0.2) is 38.6 Å². The lowest BCUT2D eigenvalue weighted by molar-refractivity contribution is -0.137. The van der Waals surface area contributed by atoms with E-state index in [1.165, 1.54) is 0 Å². The zero-order chi connectivity index (χ0) is 22.2. The van der Waals surface area contributed by atoms with Crippen LogP contribution in [0.25, 0.3) is 0 Å². The fourth-order valence-corrected chi connectivity index (χ4v) is 4.92. The number of ether oxygens (including phenoxy) is 1. The third kappa shape index (κ3) is 5.55. The predicted molar refractivity (Wildman–Crippen MR) is 105 cm³/mol. The van der Waals surface area contributed by atoms with E-state index in [1.807, 2.05) is 29.2 Å². The maximum atomic E-state index is 14.0. The van der Waals surface area contributed by atoms with Gasteiger partial charge in [-0.2, -0.15) is 13.2 Å². The molecule has 1 heterocycles. The van der Waals surface area contributed by atoms with Crippen LogP contribution >= 0.6 is 0 Å². The number of rotatable bonds is 7. The van der Waals surface area contributed by atoms with Gasteiger partial charge in [-0.05, 0) is 55.2 Å². The molecular formula is C21H22F4N2O3S. The molecule has 4 rings (SSSR count). The highest BCUT2D eigenvalue weighted by Gasteiger charge is 2.34. The van der Waals surface area contributed by atoms with Crippen molar-refractivity contribution >= 4 is 10.0 Å². The average Bonchev–Trinajstić information content (AvgIpc) is 3.40. The molecule has 0 spiro atoms. The van der Waals surface area contributed by atoms with E-state index in [-0.39, 0.29) is 0 Å². The Hall–Kier alpha value is -2.17. The lowest BCUT2D eigenvalue weighted by Gasteiger charge is -2.18. The maximum Gasteiger partial charge on any atom is 0.416 e. The highest BCUT2D eigenvalue weighted by molar-refractivity contribution is 7.89. The van der Waals surface area contributed by atoms with Crippen LogP contribution in [0.5, 0.6) is 5.75 Å². The fourth-order valence-electron chi connectivity index (χ4n) is 3.55. The topological polar surface area (TPSA) is 58.6 Å². The highest BCUT2D eigenvalue weighted by Crippen LogP contribution is 2.32. The molecule has 1 N–H and O–H groups in total. The molecule has 1 saturated heterocycles. The molecule has 0 bridgehead atoms. The molecule has 2 aromatic rings. The summed E-state index contributed by atoms with van der Waals surface area (Å²) in [7, 11) is -4.43. The Morgan fingerprint density at radius 2 is 1.77 bits per heavy atom. The van der Waals surface area contributed by atoms with E-state index in [4.69, 9.17) is 4.74 Å². The molecule has 0 aromatic heterocycles. The van der Waals surface area contributed by atoms with Crippen molar-refractivity contribution in [3.8, 4) is 5.75 Å². The summed E-state index contributed by atoms with van der Waals surface area (Å²) >= 11 is 0. The van der Waals surface area contributed by atoms with Gasteiger partial charge in [0, 0.05) is 25.7 Å². The van der Waals surface area contributed by atoms with Gasteiger partial charge >= 0.3 is 6.18 Å². The van der Waals surface area contributed by atoms with Gasteiger partial charge in [0.25, 0.3) is 0 Å². The summed E-state index contributed by atoms with van der Waals surface area (Å²) in [5, 5.41) is 0. The van der Waals surface area contributed by atoms with Crippen LogP contribution in [0, 0.1) is 5.82 Å². The van der Waals surface area contributed by atoms with E-state index >= 15 is 0 Å². The zero-order valence-electron chi connectivity index (χ0n) is 16.5. The number of alkyl halides is 3. The molecule has 1 saturated carbocycles. The first kappa shape index (κ1) is 22.0. The molecule has 10 heteroatoms. The molecule has 0 radical (unpaired) electrons. The molecule has 2 fully saturated rings. The molecule has 2 aliphatic rings. The van der Waals surface area contributed by atoms with Crippen molar-refractivity contribution in [3.05, 3.63) is 59.4 Å². The minimum absolute atomic E-state index is 0.319. The zero-order valence-corrected chi connectivity index (χ0v) is 17.3. The lowest BCUT2D eigenvalue weighted by Crippen LogP contribution is -2.37. The minimum Gasteiger partial charge on any atom is -0.490 e. The summed E-state index contributed by atoms with van der Waals surface area (Å²) in [5.74, 6) is -0.398. The summed E-state index contributed by atoms with van der Waals surface area (Å²) in [6.07, 6.45) is -1.81. The van der Waals surface area contributed by atoms with Crippen molar-refractivity contribution < 1.29 is 30.7 Å². The van der Waals surface area contributed by atoms with Crippen molar-refractivity contribution in [3.63, 3.8) is 0 Å². The summed E-state index contributed by atoms with van der Waals surface area (Å²) in [6, 6.07) is 8.56. The Kier molecular flexibility index (Phi) is 5.97. The van der Waals surface area contributed by atoms with Gasteiger partial charge in [-0.15, -0.1) is 0 Å². The molecule has 31 heavy (non-hydrogen) atoms. The van der Waals surface area contributed by atoms with Crippen LogP contribution in [0.4, 0.5) is 17.6 Å². The van der Waals surface area contributed by atoms with Gasteiger partial charge in [-0.25, -0.2) is 17.5 Å². The first-order chi connectivity index (χ1) is 14.6. The quantitative estimate of drug-likeness (QED) is 0.639. The van der Waals surface area contributed by atoms with E-state index in [0.29, 0.717) is 50.4 Å². The van der Waals surface area contributed by atoms with E-state index in [2.05, 4.69) is 4.72 Å². The van der Waals surface area contributed by atoms with E-state index in [0.717, 1.165) is 24.2 Å². The monoisotopic (exact) mass is 458 g/mol. The van der Waals surface area contributed by atoms with Crippen molar-refractivity contribution in [2.45, 2.75) is 49.0 Å². The van der Waals surface area contributed by atoms with Gasteiger partial charge in [-0.3, -0.25) is 4.90 Å². The molecular weight excluding hydrogens is 436 g/mol. The minimum atomic E-state index is -4.76. The molecule has 1 atom stereocenters. The second kappa shape index (κ2) is 8.40. The van der Waals surface area contributed by atoms with Crippen LogP contribution in [-0.2, 0) is 22.7 Å². The second-order valence-corrected chi connectivity index (χ2v) is 9.63. The molecule has 5 nitrogen and oxygen atoms in total. The number of hydrogen-bond donors (Lipinski definition) is 1. The summed E-state index contributed by atoms with van der Waals surface area (Å²) in [6.45, 7) is 1.58. The molecule has 0 amide bonds. The maximum absolute atomic E-state index is 14.0. The van der Waals surface area contributed by atoms with Crippen LogP contribution in [0.2, 0.25) is 0 Å². The number of nitrogens with zero attached hydrogens (tertiary/aromatic N) is 1. The Morgan fingerprint density at radius 3 is 2.42 bits per heavy atom. The Morgan fingerprint density at radius 1 is 1.06 bits per heavy atom. The van der Waals surface area contributed by atoms with E-state index in [9.17, 15) is 26.0 Å². The van der Waals surface area contributed by atoms with Gasteiger partial charge in [0.1, 0.15) is 16.5 Å². The smallest absolute Gasteiger partial charge is 0.416 e. The first-order valence-corrected chi connectivity index (χ1v) is 11.5. The van der Waals surface area contributed by atoms with Crippen LogP contribution in [0.3, 0.4) is 0 Å². The molecule has 1 aliphatic heterocycles. The summed E-state index contributed by atoms with van der Waals surface area (Å²) < 4.78 is 85.8. The van der Waals surface area contributed by atoms with Gasteiger partial charge in [-0.1, -0.05) is 12.1 Å². The van der Waals surface area contributed by atoms with Gasteiger partial charge in [0.2, 0.25) is 10.0 Å². The highest BCUT2D eigenvalue weighted by atomic mass is 32.2. The fraction of sp³-hybridized carbons (Fsp3) is 0.429. The number of hydrogen-bond acceptors (Lipinski definition) is 4. The molecule has 1 aliphatic carbocycles. The Bertz CT molecular complexity index is 1040. The third-order valence-corrected chi connectivity index (χ3v) is 6.83. The SMILES string of the molecule is O=S(=O)(N[C@@H]1CCN(Cc2ccc(OC3CC3)cc2)C1)c1cc(C(F)(F)F)ccc1F. The van der Waals surface area contributed by atoms with Crippen LogP contribution in [0.15, 0.2) is 47.4 Å². The number of halogens is 4. The molecule has 168 valence electrons. The van der Waals surface area contributed by atoms with Gasteiger partial charge in [0.15, 0.2) is 0 Å². The van der Waals surface area contributed by atoms with Crippen molar-refractivity contribution in [1.82, 2.24) is 9.62 Å². The largest absolute Gasteiger partial charge is 0.490 e. The lowest BCUT2D eigenvalue weighted by atomic mass is 10.2. The Balaban J connectivity index is 1.37. The summed E-state index contributed by atoms with van der Waals surface area (Å²) in [4.78, 5) is 1.04. The normalized spacial score (nSPS) is 20.2. The molecule has 2 aromatic carbocycles. The van der Waals surface area contributed by atoms with Crippen molar-refractivity contribution in [2.75, 3.05) is 13.1 Å². The van der Waals surface area contributed by atoms with Crippen molar-refractivity contribution in [2.24, 2.45) is 0 Å². The number of likely N-dealkylation sites (tertiary alicyclic amines) is 1. The standard InChI is InChI=1S/C21H22F4N2O3S/c22-19-8-3-15(21(23,24)25)11-20(19)31(28,29)26-16-9-10-27(13-16)12-14-1-4-17(5-2-14)30-18-6-7-18/h1-5,8,11,16,18,26H,6-7,9-10,12-13H2/t16-/m1/s1. The molecule has 0 unspecified atom stereocenters. The number of nitrogens with one attached hydrogen (secondary N) is 1. The van der Waals surface area contributed by atoms with Gasteiger partial charge < -0.3 is 4.74 Å².